The van der Waals surface area contributed by atoms with Crippen LogP contribution in [-0.2, 0) is 33.4 Å². The van der Waals surface area contributed by atoms with E-state index >= 15 is 0 Å². The summed E-state index contributed by atoms with van der Waals surface area (Å²) in [6, 6.07) is 4.46. The zero-order valence-corrected chi connectivity index (χ0v) is 27.0. The molecule has 0 saturated heterocycles. The zero-order chi connectivity index (χ0) is 31.4. The maximum absolute atomic E-state index is 14.0. The molecule has 0 aliphatic rings. The van der Waals surface area contributed by atoms with E-state index in [0.29, 0.717) is 0 Å². The third-order valence-corrected chi connectivity index (χ3v) is 8.04. The van der Waals surface area contributed by atoms with Gasteiger partial charge in [0, 0.05) is 48.7 Å². The average Bonchev–Trinajstić information content (AvgIpc) is 3.20. The molecule has 228 valence electrons. The van der Waals surface area contributed by atoms with E-state index in [9.17, 15) is 19.5 Å². The lowest BCUT2D eigenvalue weighted by atomic mass is 9.76. The second-order valence-corrected chi connectivity index (χ2v) is 13.1. The second kappa shape index (κ2) is 13.2. The van der Waals surface area contributed by atoms with Gasteiger partial charge in [0.05, 0.1) is 12.1 Å². The standard InChI is InChI=1S/C32H51N5O4/c1-19(2)25(15-20(3)30(40)41)37(12)29(39)27(31(4,5)6)35-28(38)26(34-10)32(7,8)23-18-36(11)24-14-13-21(17-33-9)16-22(23)24/h13-16,18-19,25-27,33-34H,17H2,1-12H3,(H,35,38)(H,40,41)/b20-15+/t25-,26?,27-/m1/s1. The summed E-state index contributed by atoms with van der Waals surface area (Å²) >= 11 is 0. The summed E-state index contributed by atoms with van der Waals surface area (Å²) in [5.74, 6) is -1.60. The number of likely N-dealkylation sites (N-methyl/N-ethyl adjacent to an activating group) is 2. The van der Waals surface area contributed by atoms with Gasteiger partial charge in [0.2, 0.25) is 11.8 Å². The van der Waals surface area contributed by atoms with E-state index in [1.807, 2.05) is 62.6 Å². The number of rotatable bonds is 12. The highest BCUT2D eigenvalue weighted by Crippen LogP contribution is 2.35. The monoisotopic (exact) mass is 569 g/mol. The van der Waals surface area contributed by atoms with Crippen molar-refractivity contribution in [1.29, 1.82) is 0 Å². The van der Waals surface area contributed by atoms with Crippen molar-refractivity contribution in [2.45, 2.75) is 85.5 Å². The van der Waals surface area contributed by atoms with Crippen LogP contribution in [0.4, 0.5) is 0 Å². The van der Waals surface area contributed by atoms with Gasteiger partial charge in [-0.2, -0.15) is 0 Å². The number of carbonyl (C=O) groups excluding carboxylic acids is 2. The molecule has 1 heterocycles. The zero-order valence-electron chi connectivity index (χ0n) is 27.0. The number of nitrogens with one attached hydrogen (secondary N) is 3. The van der Waals surface area contributed by atoms with Crippen LogP contribution in [-0.4, -0.2) is 71.6 Å². The lowest BCUT2D eigenvalue weighted by Crippen LogP contribution is -2.61. The Balaban J connectivity index is 2.48. The lowest BCUT2D eigenvalue weighted by molar-refractivity contribution is -0.141. The van der Waals surface area contributed by atoms with Crippen molar-refractivity contribution in [3.05, 3.63) is 47.2 Å². The van der Waals surface area contributed by atoms with Crippen LogP contribution < -0.4 is 16.0 Å². The number of carboxylic acids is 1. The van der Waals surface area contributed by atoms with Gasteiger partial charge in [-0.25, -0.2) is 4.79 Å². The van der Waals surface area contributed by atoms with Crippen LogP contribution in [0.5, 0.6) is 0 Å². The molecule has 0 saturated carbocycles. The van der Waals surface area contributed by atoms with Crippen molar-refractivity contribution in [2.24, 2.45) is 18.4 Å². The van der Waals surface area contributed by atoms with Gasteiger partial charge in [0.15, 0.2) is 0 Å². The lowest BCUT2D eigenvalue weighted by Gasteiger charge is -2.39. The van der Waals surface area contributed by atoms with Gasteiger partial charge < -0.3 is 30.5 Å². The molecule has 9 heteroatoms. The van der Waals surface area contributed by atoms with E-state index in [0.717, 1.165) is 28.6 Å². The molecule has 41 heavy (non-hydrogen) atoms. The number of aliphatic carboxylic acids is 1. The quantitative estimate of drug-likeness (QED) is 0.289. The Kier molecular flexibility index (Phi) is 11.0. The van der Waals surface area contributed by atoms with Crippen molar-refractivity contribution >= 4 is 28.7 Å². The smallest absolute Gasteiger partial charge is 0.331 e. The Morgan fingerprint density at radius 1 is 1.07 bits per heavy atom. The number of hydrogen-bond donors (Lipinski definition) is 4. The number of hydrogen-bond acceptors (Lipinski definition) is 5. The third-order valence-electron chi connectivity index (χ3n) is 8.04. The first-order chi connectivity index (χ1) is 18.9. The fourth-order valence-corrected chi connectivity index (χ4v) is 5.55. The summed E-state index contributed by atoms with van der Waals surface area (Å²) in [5, 5.41) is 20.0. The molecule has 2 aromatic rings. The SMILES string of the molecule is CNCc1ccc2c(c1)c(C(C)(C)C(NC)C(=O)N[C@H](C(=O)N(C)[C@H](/C=C(\C)C(=O)O)C(C)C)C(C)(C)C)cn2C. The largest absolute Gasteiger partial charge is 0.478 e. The highest BCUT2D eigenvalue weighted by Gasteiger charge is 2.42. The first kappa shape index (κ1) is 34.0. The van der Waals surface area contributed by atoms with Gasteiger partial charge in [-0.3, -0.25) is 9.59 Å². The molecule has 9 nitrogen and oxygen atoms in total. The fourth-order valence-electron chi connectivity index (χ4n) is 5.55. The van der Waals surface area contributed by atoms with Crippen molar-refractivity contribution in [2.75, 3.05) is 21.1 Å². The highest BCUT2D eigenvalue weighted by atomic mass is 16.4. The predicted molar refractivity (Wildman–Crippen MR) is 166 cm³/mol. The number of benzene rings is 1. The first-order valence-corrected chi connectivity index (χ1v) is 14.3. The van der Waals surface area contributed by atoms with Crippen molar-refractivity contribution in [3.63, 3.8) is 0 Å². The van der Waals surface area contributed by atoms with Crippen LogP contribution in [0.15, 0.2) is 36.0 Å². The molecule has 0 fully saturated rings. The number of aryl methyl sites for hydroxylation is 1. The second-order valence-electron chi connectivity index (χ2n) is 13.1. The van der Waals surface area contributed by atoms with Gasteiger partial charge >= 0.3 is 5.97 Å². The number of aromatic nitrogens is 1. The molecule has 1 unspecified atom stereocenters. The Morgan fingerprint density at radius 3 is 2.17 bits per heavy atom. The molecule has 2 amide bonds. The topological polar surface area (TPSA) is 116 Å². The van der Waals surface area contributed by atoms with Crippen LogP contribution >= 0.6 is 0 Å². The summed E-state index contributed by atoms with van der Waals surface area (Å²) in [6.07, 6.45) is 3.69. The minimum Gasteiger partial charge on any atom is -0.478 e. The fraction of sp³-hybridized carbons (Fsp3) is 0.594. The molecular formula is C32H51N5O4. The summed E-state index contributed by atoms with van der Waals surface area (Å²) in [4.78, 5) is 41.0. The van der Waals surface area contributed by atoms with Crippen molar-refractivity contribution in [3.8, 4) is 0 Å². The molecular weight excluding hydrogens is 518 g/mol. The van der Waals surface area contributed by atoms with Crippen LogP contribution in [0, 0.1) is 11.3 Å². The van der Waals surface area contributed by atoms with Gasteiger partial charge in [-0.15, -0.1) is 0 Å². The molecule has 3 atom stereocenters. The van der Waals surface area contributed by atoms with E-state index in [1.165, 1.54) is 6.92 Å². The summed E-state index contributed by atoms with van der Waals surface area (Å²) < 4.78 is 2.08. The van der Waals surface area contributed by atoms with E-state index in [4.69, 9.17) is 0 Å². The van der Waals surface area contributed by atoms with E-state index in [2.05, 4.69) is 44.9 Å². The van der Waals surface area contributed by atoms with E-state index in [1.54, 1.807) is 25.1 Å². The number of fused-ring (bicyclic) bond motifs is 1. The summed E-state index contributed by atoms with van der Waals surface area (Å²) in [6.45, 7) is 16.0. The number of amides is 2. The number of nitrogens with zero attached hydrogens (tertiary/aromatic N) is 2. The molecule has 0 spiro atoms. The van der Waals surface area contributed by atoms with Crippen LogP contribution in [0.25, 0.3) is 10.9 Å². The maximum Gasteiger partial charge on any atom is 0.331 e. The molecule has 2 rings (SSSR count). The summed E-state index contributed by atoms with van der Waals surface area (Å²) in [7, 11) is 7.35. The maximum atomic E-state index is 14.0. The molecule has 1 aromatic carbocycles. The minimum atomic E-state index is -1.03. The molecule has 4 N–H and O–H groups in total. The van der Waals surface area contributed by atoms with Gasteiger partial charge in [-0.05, 0) is 55.6 Å². The Labute approximate surface area is 245 Å². The van der Waals surface area contributed by atoms with Crippen LogP contribution in [0.3, 0.4) is 0 Å². The Hall–Kier alpha value is -3.17. The van der Waals surface area contributed by atoms with Crippen molar-refractivity contribution in [1.82, 2.24) is 25.4 Å². The Morgan fingerprint density at radius 2 is 1.68 bits per heavy atom. The first-order valence-electron chi connectivity index (χ1n) is 14.3. The highest BCUT2D eigenvalue weighted by molar-refractivity contribution is 5.93. The third kappa shape index (κ3) is 7.57. The molecule has 0 aliphatic heterocycles. The van der Waals surface area contributed by atoms with Crippen LogP contribution in [0.1, 0.15) is 66.5 Å². The molecule has 0 radical (unpaired) electrons. The normalized spacial score (nSPS) is 15.1. The predicted octanol–water partition coefficient (Wildman–Crippen LogP) is 3.81. The Bertz CT molecular complexity index is 1280. The number of carboxylic acid groups (broad SMARTS) is 1. The average molecular weight is 570 g/mol. The van der Waals surface area contributed by atoms with E-state index in [-0.39, 0.29) is 23.3 Å². The molecule has 0 bridgehead atoms. The number of carbonyl (C=O) groups is 3. The molecule has 1 aromatic heterocycles. The van der Waals surface area contributed by atoms with Crippen molar-refractivity contribution < 1.29 is 19.5 Å². The van der Waals surface area contributed by atoms with Crippen LogP contribution in [0.2, 0.25) is 0 Å². The van der Waals surface area contributed by atoms with Gasteiger partial charge in [0.25, 0.3) is 0 Å². The van der Waals surface area contributed by atoms with Gasteiger partial charge in [-0.1, -0.05) is 60.6 Å². The molecule has 0 aliphatic carbocycles. The van der Waals surface area contributed by atoms with Gasteiger partial charge in [0.1, 0.15) is 6.04 Å². The summed E-state index contributed by atoms with van der Waals surface area (Å²) in [5.41, 5.74) is 2.21. The van der Waals surface area contributed by atoms with E-state index < -0.39 is 34.9 Å². The minimum absolute atomic E-state index is 0.0299.